The first-order valence-corrected chi connectivity index (χ1v) is 7.48. The van der Waals surface area contributed by atoms with Gasteiger partial charge in [0.25, 0.3) is 5.91 Å². The van der Waals surface area contributed by atoms with Crippen LogP contribution in [0.4, 0.5) is 0 Å². The quantitative estimate of drug-likeness (QED) is 0.862. The van der Waals surface area contributed by atoms with Gasteiger partial charge in [-0.2, -0.15) is 0 Å². The van der Waals surface area contributed by atoms with E-state index >= 15 is 0 Å². The van der Waals surface area contributed by atoms with Crippen LogP contribution >= 0.6 is 0 Å². The lowest BCUT2D eigenvalue weighted by molar-refractivity contribution is 0.0136. The summed E-state index contributed by atoms with van der Waals surface area (Å²) < 4.78 is 5.53. The summed E-state index contributed by atoms with van der Waals surface area (Å²) in [5.41, 5.74) is 3.32. The van der Waals surface area contributed by atoms with E-state index in [2.05, 4.69) is 23.6 Å². The van der Waals surface area contributed by atoms with E-state index in [0.29, 0.717) is 0 Å². The van der Waals surface area contributed by atoms with Crippen molar-refractivity contribution in [2.75, 3.05) is 13.2 Å². The van der Waals surface area contributed by atoms with Crippen molar-refractivity contribution < 1.29 is 9.53 Å². The normalized spacial score (nSPS) is 25.9. The van der Waals surface area contributed by atoms with Crippen molar-refractivity contribution in [1.29, 1.82) is 0 Å². The van der Waals surface area contributed by atoms with Crippen LogP contribution in [0, 0.1) is 0 Å². The lowest BCUT2D eigenvalue weighted by Gasteiger charge is -2.28. The second-order valence-electron chi connectivity index (χ2n) is 5.75. The van der Waals surface area contributed by atoms with Crippen LogP contribution in [0.3, 0.4) is 0 Å². The molecule has 0 saturated carbocycles. The molecule has 0 spiro atoms. The molecular formula is C16H22N2O2. The minimum atomic E-state index is 0.0721. The number of ether oxygens (including phenoxy) is 1. The molecule has 2 atom stereocenters. The molecule has 108 valence electrons. The highest BCUT2D eigenvalue weighted by Gasteiger charge is 2.23. The van der Waals surface area contributed by atoms with Crippen LogP contribution in [-0.4, -0.2) is 31.2 Å². The van der Waals surface area contributed by atoms with Crippen LogP contribution in [-0.2, 0) is 17.7 Å². The molecule has 20 heavy (non-hydrogen) atoms. The maximum Gasteiger partial charge on any atom is 0.251 e. The van der Waals surface area contributed by atoms with Crippen molar-refractivity contribution in [2.24, 2.45) is 0 Å². The molecule has 0 radical (unpaired) electrons. The molecule has 1 aromatic carbocycles. The van der Waals surface area contributed by atoms with Crippen LogP contribution in [0.2, 0.25) is 0 Å². The van der Waals surface area contributed by atoms with E-state index in [9.17, 15) is 4.79 Å². The Hall–Kier alpha value is -1.39. The standard InChI is InChI=1S/C16H22N2O2/c1-11-9-13(6-8-20-11)18-16(19)15-4-2-3-12-10-17-7-5-14(12)15/h2-4,11,13,17H,5-10H2,1H3,(H,18,19). The summed E-state index contributed by atoms with van der Waals surface area (Å²) in [5, 5.41) is 6.52. The Morgan fingerprint density at radius 2 is 2.35 bits per heavy atom. The number of carbonyl (C=O) groups excluding carboxylic acids is 1. The maximum atomic E-state index is 12.5. The van der Waals surface area contributed by atoms with Gasteiger partial charge in [-0.1, -0.05) is 12.1 Å². The van der Waals surface area contributed by atoms with Gasteiger partial charge in [-0.15, -0.1) is 0 Å². The van der Waals surface area contributed by atoms with Gasteiger partial charge in [-0.05, 0) is 49.9 Å². The molecule has 1 saturated heterocycles. The van der Waals surface area contributed by atoms with Gasteiger partial charge >= 0.3 is 0 Å². The summed E-state index contributed by atoms with van der Waals surface area (Å²) in [4.78, 5) is 12.5. The van der Waals surface area contributed by atoms with E-state index < -0.39 is 0 Å². The van der Waals surface area contributed by atoms with Crippen LogP contribution in [0.1, 0.15) is 41.3 Å². The van der Waals surface area contributed by atoms with E-state index in [4.69, 9.17) is 4.74 Å². The van der Waals surface area contributed by atoms with Crippen molar-refractivity contribution in [3.63, 3.8) is 0 Å². The number of hydrogen-bond acceptors (Lipinski definition) is 3. The van der Waals surface area contributed by atoms with Crippen molar-refractivity contribution in [3.8, 4) is 0 Å². The van der Waals surface area contributed by atoms with Crippen LogP contribution in [0.5, 0.6) is 0 Å². The second-order valence-corrected chi connectivity index (χ2v) is 5.75. The van der Waals surface area contributed by atoms with Gasteiger partial charge in [0.2, 0.25) is 0 Å². The zero-order valence-electron chi connectivity index (χ0n) is 11.9. The average Bonchev–Trinajstić information content (AvgIpc) is 2.46. The first kappa shape index (κ1) is 13.6. The smallest absolute Gasteiger partial charge is 0.251 e. The minimum Gasteiger partial charge on any atom is -0.378 e. The topological polar surface area (TPSA) is 50.4 Å². The minimum absolute atomic E-state index is 0.0721. The number of carbonyl (C=O) groups is 1. The number of hydrogen-bond donors (Lipinski definition) is 2. The van der Waals surface area contributed by atoms with Crippen LogP contribution in [0.25, 0.3) is 0 Å². The third-order valence-electron chi connectivity index (χ3n) is 4.21. The Morgan fingerprint density at radius 1 is 1.45 bits per heavy atom. The molecule has 2 unspecified atom stereocenters. The molecular weight excluding hydrogens is 252 g/mol. The highest BCUT2D eigenvalue weighted by atomic mass is 16.5. The van der Waals surface area contributed by atoms with Gasteiger partial charge in [0.15, 0.2) is 0 Å². The summed E-state index contributed by atoms with van der Waals surface area (Å²) in [6.45, 7) is 4.62. The molecule has 4 nitrogen and oxygen atoms in total. The molecule has 1 amide bonds. The SMILES string of the molecule is CC1CC(NC(=O)c2cccc3c2CCNC3)CCO1. The average molecular weight is 274 g/mol. The molecule has 0 bridgehead atoms. The molecule has 1 aromatic rings. The van der Waals surface area contributed by atoms with Crippen molar-refractivity contribution in [3.05, 3.63) is 34.9 Å². The monoisotopic (exact) mass is 274 g/mol. The lowest BCUT2D eigenvalue weighted by Crippen LogP contribution is -2.42. The van der Waals surface area contributed by atoms with E-state index in [1.807, 2.05) is 12.1 Å². The first-order chi connectivity index (χ1) is 9.74. The number of fused-ring (bicyclic) bond motifs is 1. The van der Waals surface area contributed by atoms with Gasteiger partial charge in [0, 0.05) is 24.8 Å². The maximum absolute atomic E-state index is 12.5. The molecule has 0 aliphatic carbocycles. The van der Waals surface area contributed by atoms with Gasteiger partial charge in [-0.3, -0.25) is 4.79 Å². The van der Waals surface area contributed by atoms with Gasteiger partial charge < -0.3 is 15.4 Å². The molecule has 2 aliphatic heterocycles. The summed E-state index contributed by atoms with van der Waals surface area (Å²) in [7, 11) is 0. The summed E-state index contributed by atoms with van der Waals surface area (Å²) in [5.74, 6) is 0.0721. The number of benzene rings is 1. The fourth-order valence-electron chi connectivity index (χ4n) is 3.14. The summed E-state index contributed by atoms with van der Waals surface area (Å²) in [6.07, 6.45) is 2.99. The largest absolute Gasteiger partial charge is 0.378 e. The highest BCUT2D eigenvalue weighted by molar-refractivity contribution is 5.96. The predicted molar refractivity (Wildman–Crippen MR) is 77.8 cm³/mol. The molecule has 3 rings (SSSR count). The van der Waals surface area contributed by atoms with Crippen LogP contribution in [0.15, 0.2) is 18.2 Å². The Labute approximate surface area is 119 Å². The predicted octanol–water partition coefficient (Wildman–Crippen LogP) is 1.63. The Balaban J connectivity index is 1.74. The third-order valence-corrected chi connectivity index (χ3v) is 4.21. The number of nitrogens with one attached hydrogen (secondary N) is 2. The molecule has 4 heteroatoms. The number of rotatable bonds is 2. The highest BCUT2D eigenvalue weighted by Crippen LogP contribution is 2.20. The molecule has 0 aromatic heterocycles. The van der Waals surface area contributed by atoms with Crippen molar-refractivity contribution in [2.45, 2.75) is 44.9 Å². The zero-order chi connectivity index (χ0) is 13.9. The fraction of sp³-hybridized carbons (Fsp3) is 0.562. The Bertz CT molecular complexity index is 501. The van der Waals surface area contributed by atoms with Gasteiger partial charge in [0.05, 0.1) is 6.10 Å². The molecule has 2 heterocycles. The van der Waals surface area contributed by atoms with E-state index in [0.717, 1.165) is 44.5 Å². The van der Waals surface area contributed by atoms with Crippen LogP contribution < -0.4 is 10.6 Å². The van der Waals surface area contributed by atoms with Gasteiger partial charge in [0.1, 0.15) is 0 Å². The summed E-state index contributed by atoms with van der Waals surface area (Å²) in [6, 6.07) is 6.27. The molecule has 1 fully saturated rings. The zero-order valence-corrected chi connectivity index (χ0v) is 11.9. The summed E-state index contributed by atoms with van der Waals surface area (Å²) >= 11 is 0. The third kappa shape index (κ3) is 2.86. The molecule has 2 N–H and O–H groups in total. The van der Waals surface area contributed by atoms with E-state index in [1.54, 1.807) is 0 Å². The molecule has 2 aliphatic rings. The van der Waals surface area contributed by atoms with Gasteiger partial charge in [-0.25, -0.2) is 0 Å². The second kappa shape index (κ2) is 5.94. The number of amides is 1. The van der Waals surface area contributed by atoms with E-state index in [1.165, 1.54) is 11.1 Å². The first-order valence-electron chi connectivity index (χ1n) is 7.48. The lowest BCUT2D eigenvalue weighted by atomic mass is 9.94. The Kier molecular flexibility index (Phi) is 4.03. The Morgan fingerprint density at radius 3 is 3.20 bits per heavy atom. The van der Waals surface area contributed by atoms with Crippen molar-refractivity contribution >= 4 is 5.91 Å². The fourth-order valence-corrected chi connectivity index (χ4v) is 3.14. The van der Waals surface area contributed by atoms with E-state index in [-0.39, 0.29) is 18.1 Å². The van der Waals surface area contributed by atoms with Crippen molar-refractivity contribution in [1.82, 2.24) is 10.6 Å².